The van der Waals surface area contributed by atoms with Crippen LogP contribution in [0.2, 0.25) is 0 Å². The molecule has 0 saturated carbocycles. The second-order valence-corrected chi connectivity index (χ2v) is 4.84. The first-order chi connectivity index (χ1) is 8.65. The fourth-order valence-corrected chi connectivity index (χ4v) is 2.53. The van der Waals surface area contributed by atoms with Gasteiger partial charge in [-0.25, -0.2) is 0 Å². The molecule has 1 aromatic rings. The molecule has 1 amide bonds. The zero-order valence-electron chi connectivity index (χ0n) is 11.3. The van der Waals surface area contributed by atoms with Crippen molar-refractivity contribution in [1.82, 2.24) is 15.4 Å². The van der Waals surface area contributed by atoms with Crippen molar-refractivity contribution in [1.29, 1.82) is 0 Å². The van der Waals surface area contributed by atoms with Crippen molar-refractivity contribution < 1.29 is 9.32 Å². The van der Waals surface area contributed by atoms with Gasteiger partial charge in [0.15, 0.2) is 0 Å². The summed E-state index contributed by atoms with van der Waals surface area (Å²) in [6, 6.07) is 0.297. The van der Waals surface area contributed by atoms with Gasteiger partial charge in [0, 0.05) is 19.1 Å². The summed E-state index contributed by atoms with van der Waals surface area (Å²) in [7, 11) is 0. The lowest BCUT2D eigenvalue weighted by molar-refractivity contribution is 0.0690. The van der Waals surface area contributed by atoms with E-state index < -0.39 is 0 Å². The van der Waals surface area contributed by atoms with Crippen LogP contribution in [0.4, 0.5) is 0 Å². The van der Waals surface area contributed by atoms with Gasteiger partial charge in [-0.3, -0.25) is 4.79 Å². The quantitative estimate of drug-likeness (QED) is 0.881. The van der Waals surface area contributed by atoms with Gasteiger partial charge in [-0.1, -0.05) is 12.1 Å². The van der Waals surface area contributed by atoms with Gasteiger partial charge in [0.2, 0.25) is 0 Å². The highest BCUT2D eigenvalue weighted by molar-refractivity contribution is 5.96. The Morgan fingerprint density at radius 2 is 2.33 bits per heavy atom. The molecule has 2 heterocycles. The molecule has 1 atom stereocenters. The van der Waals surface area contributed by atoms with Crippen LogP contribution in [-0.4, -0.2) is 41.6 Å². The Morgan fingerprint density at radius 1 is 1.56 bits per heavy atom. The summed E-state index contributed by atoms with van der Waals surface area (Å²) in [5.74, 6) is 0.673. The Labute approximate surface area is 108 Å². The Kier molecular flexibility index (Phi) is 4.01. The molecule has 1 N–H and O–H groups in total. The first-order valence-corrected chi connectivity index (χ1v) is 6.59. The Balaban J connectivity index is 2.22. The van der Waals surface area contributed by atoms with Crippen LogP contribution in [0.15, 0.2) is 4.52 Å². The third-order valence-corrected chi connectivity index (χ3v) is 3.45. The maximum absolute atomic E-state index is 12.6. The summed E-state index contributed by atoms with van der Waals surface area (Å²) in [5.41, 5.74) is 1.32. The molecule has 5 nitrogen and oxygen atoms in total. The van der Waals surface area contributed by atoms with Crippen molar-refractivity contribution in [2.45, 2.75) is 39.7 Å². The Morgan fingerprint density at radius 3 is 2.83 bits per heavy atom. The summed E-state index contributed by atoms with van der Waals surface area (Å²) in [6.07, 6.45) is 1.99. The van der Waals surface area contributed by atoms with Crippen LogP contribution in [0.25, 0.3) is 0 Å². The van der Waals surface area contributed by atoms with Crippen molar-refractivity contribution in [3.8, 4) is 0 Å². The summed E-state index contributed by atoms with van der Waals surface area (Å²) in [4.78, 5) is 14.6. The molecule has 1 aliphatic rings. The third kappa shape index (κ3) is 2.41. The first-order valence-electron chi connectivity index (χ1n) is 6.59. The Bertz CT molecular complexity index is 402. The van der Waals surface area contributed by atoms with Gasteiger partial charge < -0.3 is 14.7 Å². The zero-order valence-corrected chi connectivity index (χ0v) is 11.3. The molecule has 100 valence electrons. The maximum atomic E-state index is 12.6. The molecule has 18 heavy (non-hydrogen) atoms. The van der Waals surface area contributed by atoms with E-state index in [9.17, 15) is 4.79 Å². The lowest BCUT2D eigenvalue weighted by atomic mass is 10.1. The second kappa shape index (κ2) is 5.52. The van der Waals surface area contributed by atoms with Crippen LogP contribution in [-0.2, 0) is 0 Å². The number of nitrogens with one attached hydrogen (secondary N) is 1. The second-order valence-electron chi connectivity index (χ2n) is 4.84. The van der Waals surface area contributed by atoms with E-state index in [4.69, 9.17) is 4.52 Å². The number of nitrogens with zero attached hydrogens (tertiary/aromatic N) is 2. The highest BCUT2D eigenvalue weighted by Crippen LogP contribution is 2.19. The number of hydrogen-bond acceptors (Lipinski definition) is 4. The van der Waals surface area contributed by atoms with Crippen LogP contribution in [0.1, 0.15) is 41.6 Å². The van der Waals surface area contributed by atoms with Gasteiger partial charge >= 0.3 is 0 Å². The average Bonchev–Trinajstić information content (AvgIpc) is 2.96. The molecular weight excluding hydrogens is 230 g/mol. The topological polar surface area (TPSA) is 58.4 Å². The number of aryl methyl sites for hydroxylation is 2. The maximum Gasteiger partial charge on any atom is 0.259 e. The first kappa shape index (κ1) is 13.1. The van der Waals surface area contributed by atoms with Crippen LogP contribution in [0.3, 0.4) is 0 Å². The van der Waals surface area contributed by atoms with E-state index in [1.807, 2.05) is 11.8 Å². The molecule has 1 saturated heterocycles. The van der Waals surface area contributed by atoms with Crippen molar-refractivity contribution >= 4 is 5.91 Å². The number of carbonyl (C=O) groups excluding carboxylic acids is 1. The monoisotopic (exact) mass is 251 g/mol. The van der Waals surface area contributed by atoms with Crippen molar-refractivity contribution in [2.75, 3.05) is 19.6 Å². The van der Waals surface area contributed by atoms with Gasteiger partial charge in [0.1, 0.15) is 11.3 Å². The minimum atomic E-state index is 0.0572. The molecule has 1 aromatic heterocycles. The van der Waals surface area contributed by atoms with Gasteiger partial charge in [-0.15, -0.1) is 0 Å². The van der Waals surface area contributed by atoms with Crippen LogP contribution < -0.4 is 5.32 Å². The lowest BCUT2D eigenvalue weighted by Crippen LogP contribution is -2.42. The minimum absolute atomic E-state index is 0.0572. The van der Waals surface area contributed by atoms with Gasteiger partial charge in [0.05, 0.1) is 5.69 Å². The number of rotatable bonds is 4. The fourth-order valence-electron chi connectivity index (χ4n) is 2.53. The highest BCUT2D eigenvalue weighted by Gasteiger charge is 2.29. The molecule has 1 aliphatic heterocycles. The molecule has 0 radical (unpaired) electrons. The summed E-state index contributed by atoms with van der Waals surface area (Å²) >= 11 is 0. The third-order valence-electron chi connectivity index (χ3n) is 3.45. The van der Waals surface area contributed by atoms with E-state index in [1.54, 1.807) is 6.92 Å². The van der Waals surface area contributed by atoms with Crippen LogP contribution >= 0.6 is 0 Å². The van der Waals surface area contributed by atoms with Crippen molar-refractivity contribution in [2.24, 2.45) is 0 Å². The van der Waals surface area contributed by atoms with Crippen LogP contribution in [0, 0.1) is 13.8 Å². The normalized spacial score (nSPS) is 19.2. The molecule has 2 rings (SSSR count). The molecule has 0 spiro atoms. The van der Waals surface area contributed by atoms with E-state index in [-0.39, 0.29) is 5.91 Å². The largest absolute Gasteiger partial charge is 0.361 e. The van der Waals surface area contributed by atoms with Gasteiger partial charge in [-0.05, 0) is 33.2 Å². The molecular formula is C13H21N3O2. The SMILES string of the molecule is CCCN(C(=O)c1c(C)noc1C)C1CCNC1. The summed E-state index contributed by atoms with van der Waals surface area (Å²) < 4.78 is 5.09. The number of carbonyl (C=O) groups is 1. The minimum Gasteiger partial charge on any atom is -0.361 e. The van der Waals surface area contributed by atoms with E-state index >= 15 is 0 Å². The molecule has 0 bridgehead atoms. The number of hydrogen-bond donors (Lipinski definition) is 1. The van der Waals surface area contributed by atoms with Gasteiger partial charge in [0.25, 0.3) is 5.91 Å². The summed E-state index contributed by atoms with van der Waals surface area (Å²) in [6.45, 7) is 8.37. The summed E-state index contributed by atoms with van der Waals surface area (Å²) in [5, 5.41) is 7.18. The van der Waals surface area contributed by atoms with Gasteiger partial charge in [-0.2, -0.15) is 0 Å². The molecule has 0 aliphatic carbocycles. The number of amides is 1. The van der Waals surface area contributed by atoms with E-state index in [1.165, 1.54) is 0 Å². The zero-order chi connectivity index (χ0) is 13.1. The van der Waals surface area contributed by atoms with E-state index in [2.05, 4.69) is 17.4 Å². The van der Waals surface area contributed by atoms with Crippen molar-refractivity contribution in [3.63, 3.8) is 0 Å². The molecule has 1 fully saturated rings. The smallest absolute Gasteiger partial charge is 0.259 e. The molecule has 5 heteroatoms. The number of aromatic nitrogens is 1. The van der Waals surface area contributed by atoms with E-state index in [0.717, 1.165) is 32.5 Å². The van der Waals surface area contributed by atoms with Crippen LogP contribution in [0.5, 0.6) is 0 Å². The van der Waals surface area contributed by atoms with E-state index in [0.29, 0.717) is 23.1 Å². The predicted molar refractivity (Wildman–Crippen MR) is 68.6 cm³/mol. The Hall–Kier alpha value is -1.36. The van der Waals surface area contributed by atoms with Crippen molar-refractivity contribution in [3.05, 3.63) is 17.0 Å². The average molecular weight is 251 g/mol. The molecule has 0 aromatic carbocycles. The fraction of sp³-hybridized carbons (Fsp3) is 0.692. The lowest BCUT2D eigenvalue weighted by Gasteiger charge is -2.28. The predicted octanol–water partition coefficient (Wildman–Crippen LogP) is 1.51. The highest BCUT2D eigenvalue weighted by atomic mass is 16.5. The molecule has 1 unspecified atom stereocenters. The standard InChI is InChI=1S/C13H21N3O2/c1-4-7-16(11-5-6-14-8-11)13(17)12-9(2)15-18-10(12)3/h11,14H,4-8H2,1-3H3.